The van der Waals surface area contributed by atoms with Crippen LogP contribution in [0.3, 0.4) is 0 Å². The van der Waals surface area contributed by atoms with Crippen molar-refractivity contribution in [2.24, 2.45) is 5.73 Å². The van der Waals surface area contributed by atoms with Gasteiger partial charge in [-0.25, -0.2) is 0 Å². The van der Waals surface area contributed by atoms with Gasteiger partial charge in [0.25, 0.3) is 0 Å². The second-order valence-corrected chi connectivity index (χ2v) is 8.29. The number of hydrogen-bond donors (Lipinski definition) is 1. The summed E-state index contributed by atoms with van der Waals surface area (Å²) in [6, 6.07) is 0. The molecule has 19 heavy (non-hydrogen) atoms. The third kappa shape index (κ3) is 6.86. The maximum Gasteiger partial charge on any atom is 0.503 e. The van der Waals surface area contributed by atoms with Crippen LogP contribution in [0.25, 0.3) is 0 Å². The van der Waals surface area contributed by atoms with Crippen molar-refractivity contribution in [1.82, 2.24) is 0 Å². The summed E-state index contributed by atoms with van der Waals surface area (Å²) in [5.74, 6) is 0. The van der Waals surface area contributed by atoms with Crippen LogP contribution in [0.1, 0.15) is 58.3 Å². The topological polar surface area (TPSA) is 53.7 Å². The highest BCUT2D eigenvalue weighted by Gasteiger charge is 2.46. The zero-order valence-corrected chi connectivity index (χ0v) is 14.2. The minimum atomic E-state index is -2.52. The Kier molecular flexibility index (Phi) is 11.9. The molecule has 0 heterocycles. The Balaban J connectivity index is 4.16. The van der Waals surface area contributed by atoms with Gasteiger partial charge in [-0.3, -0.25) is 0 Å². The van der Waals surface area contributed by atoms with Crippen LogP contribution in [0.15, 0.2) is 0 Å². The van der Waals surface area contributed by atoms with Crippen molar-refractivity contribution in [1.29, 1.82) is 0 Å². The van der Waals surface area contributed by atoms with Gasteiger partial charge in [-0.1, -0.05) is 45.4 Å². The van der Waals surface area contributed by atoms with E-state index >= 15 is 0 Å². The zero-order chi connectivity index (χ0) is 14.6. The van der Waals surface area contributed by atoms with Gasteiger partial charge in [0.15, 0.2) is 0 Å². The van der Waals surface area contributed by atoms with E-state index in [2.05, 4.69) is 6.92 Å². The molecule has 1 atom stereocenters. The largest absolute Gasteiger partial charge is 0.503 e. The van der Waals surface area contributed by atoms with Crippen LogP contribution in [0.5, 0.6) is 0 Å². The lowest BCUT2D eigenvalue weighted by molar-refractivity contribution is 0.108. The highest BCUT2D eigenvalue weighted by molar-refractivity contribution is 6.62. The van der Waals surface area contributed by atoms with Gasteiger partial charge in [0.1, 0.15) is 0 Å². The highest BCUT2D eigenvalue weighted by Crippen LogP contribution is 2.32. The predicted molar refractivity (Wildman–Crippen MR) is 82.2 cm³/mol. The molecule has 0 aromatic carbocycles. The number of hydrogen-bond acceptors (Lipinski definition) is 4. The van der Waals surface area contributed by atoms with Crippen molar-refractivity contribution in [3.8, 4) is 0 Å². The van der Waals surface area contributed by atoms with Gasteiger partial charge < -0.3 is 19.0 Å². The average molecular weight is 292 g/mol. The fourth-order valence-corrected chi connectivity index (χ4v) is 5.20. The second kappa shape index (κ2) is 11.8. The van der Waals surface area contributed by atoms with E-state index in [1.165, 1.54) is 38.5 Å². The molecule has 0 spiro atoms. The minimum absolute atomic E-state index is 0.323. The van der Waals surface area contributed by atoms with Crippen LogP contribution in [0.4, 0.5) is 0 Å². The molecule has 1 unspecified atom stereocenters. The first kappa shape index (κ1) is 19.1. The van der Waals surface area contributed by atoms with Gasteiger partial charge in [-0.15, -0.1) is 0 Å². The summed E-state index contributed by atoms with van der Waals surface area (Å²) in [5.41, 5.74) is 6.04. The Morgan fingerprint density at radius 3 is 1.84 bits per heavy atom. The molecule has 0 bridgehead atoms. The highest BCUT2D eigenvalue weighted by atomic mass is 28.4. The molecule has 0 aliphatic rings. The van der Waals surface area contributed by atoms with Crippen molar-refractivity contribution in [3.05, 3.63) is 0 Å². The molecular weight excluding hydrogens is 258 g/mol. The molecule has 0 aliphatic heterocycles. The molecule has 2 N–H and O–H groups in total. The van der Waals surface area contributed by atoms with E-state index in [1.54, 1.807) is 21.3 Å². The lowest BCUT2D eigenvalue weighted by Gasteiger charge is -2.32. The first-order chi connectivity index (χ1) is 9.20. The van der Waals surface area contributed by atoms with Gasteiger partial charge in [0.05, 0.1) is 0 Å². The lowest BCUT2D eigenvalue weighted by atomic mass is 10.1. The molecule has 4 nitrogen and oxygen atoms in total. The Morgan fingerprint density at radius 2 is 1.37 bits per heavy atom. The molecule has 0 aliphatic carbocycles. The zero-order valence-electron chi connectivity index (χ0n) is 13.2. The standard InChI is InChI=1S/C14H33NO3Si/c1-5-6-7-8-9-10-11-14(12-13-15)19(16-2,17-3)18-4/h14H,5-13,15H2,1-4H3. The molecule has 0 aromatic rings. The van der Waals surface area contributed by atoms with E-state index in [1.807, 2.05) is 0 Å². The molecule has 116 valence electrons. The quantitative estimate of drug-likeness (QED) is 0.418. The fraction of sp³-hybridized carbons (Fsp3) is 1.00. The Labute approximate surface area is 120 Å². The molecule has 0 rings (SSSR count). The number of unbranched alkanes of at least 4 members (excludes halogenated alkanes) is 5. The molecular formula is C14H33NO3Si. The molecule has 0 fully saturated rings. The summed E-state index contributed by atoms with van der Waals surface area (Å²) in [6.45, 7) is 2.90. The summed E-state index contributed by atoms with van der Waals surface area (Å²) in [7, 11) is 2.53. The normalized spacial score (nSPS) is 13.7. The van der Waals surface area contributed by atoms with Gasteiger partial charge >= 0.3 is 8.80 Å². The van der Waals surface area contributed by atoms with E-state index in [-0.39, 0.29) is 0 Å². The molecule has 0 saturated carbocycles. The van der Waals surface area contributed by atoms with Gasteiger partial charge in [0.2, 0.25) is 0 Å². The Bertz CT molecular complexity index is 193. The Hall–Kier alpha value is 0.0569. The van der Waals surface area contributed by atoms with Gasteiger partial charge in [0, 0.05) is 26.9 Å². The van der Waals surface area contributed by atoms with Crippen molar-refractivity contribution in [2.75, 3.05) is 27.9 Å². The molecule has 0 amide bonds. The smallest absolute Gasteiger partial charge is 0.377 e. The van der Waals surface area contributed by atoms with E-state index in [0.29, 0.717) is 12.1 Å². The molecule has 0 radical (unpaired) electrons. The van der Waals surface area contributed by atoms with Crippen LogP contribution in [0.2, 0.25) is 5.54 Å². The summed E-state index contributed by atoms with van der Waals surface area (Å²) in [6.07, 6.45) is 9.80. The van der Waals surface area contributed by atoms with Crippen molar-refractivity contribution in [3.63, 3.8) is 0 Å². The summed E-state index contributed by atoms with van der Waals surface area (Å²) in [5, 5.41) is 0. The van der Waals surface area contributed by atoms with Crippen LogP contribution in [-0.4, -0.2) is 36.7 Å². The number of rotatable bonds is 13. The van der Waals surface area contributed by atoms with Crippen molar-refractivity contribution >= 4 is 8.80 Å². The maximum atomic E-state index is 5.72. The summed E-state index contributed by atoms with van der Waals surface area (Å²) >= 11 is 0. The average Bonchev–Trinajstić information content (AvgIpc) is 2.45. The van der Waals surface area contributed by atoms with E-state index < -0.39 is 8.80 Å². The van der Waals surface area contributed by atoms with Crippen molar-refractivity contribution < 1.29 is 13.3 Å². The molecule has 0 saturated heterocycles. The van der Waals surface area contributed by atoms with Crippen molar-refractivity contribution in [2.45, 2.75) is 63.8 Å². The minimum Gasteiger partial charge on any atom is -0.377 e. The summed E-state index contributed by atoms with van der Waals surface area (Å²) in [4.78, 5) is 0. The number of nitrogens with two attached hydrogens (primary N) is 1. The van der Waals surface area contributed by atoms with Crippen LogP contribution in [0, 0.1) is 0 Å². The molecule has 0 aromatic heterocycles. The van der Waals surface area contributed by atoms with E-state index in [0.717, 1.165) is 12.8 Å². The van der Waals surface area contributed by atoms with Crippen LogP contribution < -0.4 is 5.73 Å². The third-order valence-corrected chi connectivity index (χ3v) is 7.06. The fourth-order valence-electron chi connectivity index (χ4n) is 2.62. The predicted octanol–water partition coefficient (Wildman–Crippen LogP) is 3.33. The van der Waals surface area contributed by atoms with E-state index in [4.69, 9.17) is 19.0 Å². The van der Waals surface area contributed by atoms with E-state index in [9.17, 15) is 0 Å². The Morgan fingerprint density at radius 1 is 0.842 bits per heavy atom. The third-order valence-electron chi connectivity index (χ3n) is 3.77. The van der Waals surface area contributed by atoms with Gasteiger partial charge in [-0.2, -0.15) is 0 Å². The first-order valence-electron chi connectivity index (χ1n) is 7.56. The lowest BCUT2D eigenvalue weighted by Crippen LogP contribution is -2.48. The first-order valence-corrected chi connectivity index (χ1v) is 9.36. The summed E-state index contributed by atoms with van der Waals surface area (Å²) < 4.78 is 16.8. The van der Waals surface area contributed by atoms with Gasteiger partial charge in [-0.05, 0) is 19.4 Å². The maximum absolute atomic E-state index is 5.72. The monoisotopic (exact) mass is 291 g/mol. The van der Waals surface area contributed by atoms with Crippen LogP contribution in [-0.2, 0) is 13.3 Å². The SMILES string of the molecule is CCCCCCCCC(CCN)[Si](OC)(OC)OC. The second-order valence-electron chi connectivity index (χ2n) is 5.05. The molecule has 5 heteroatoms. The van der Waals surface area contributed by atoms with Crippen LogP contribution >= 0.6 is 0 Å².